The average Bonchev–Trinajstić information content (AvgIpc) is 2.37. The van der Waals surface area contributed by atoms with Gasteiger partial charge in [-0.3, -0.25) is 0 Å². The van der Waals surface area contributed by atoms with E-state index < -0.39 is 0 Å². The van der Waals surface area contributed by atoms with E-state index in [1.165, 1.54) is 11.3 Å². The van der Waals surface area contributed by atoms with Crippen LogP contribution in [0.3, 0.4) is 0 Å². The third-order valence-corrected chi connectivity index (χ3v) is 3.71. The molecule has 0 fully saturated rings. The van der Waals surface area contributed by atoms with E-state index in [2.05, 4.69) is 48.3 Å². The number of nitrogens with one attached hydrogen (secondary N) is 1. The number of rotatable bonds is 3. The van der Waals surface area contributed by atoms with Gasteiger partial charge in [-0.15, -0.1) is 0 Å². The summed E-state index contributed by atoms with van der Waals surface area (Å²) in [6.07, 6.45) is 1.13. The number of fused-ring (bicyclic) bond motifs is 1. The van der Waals surface area contributed by atoms with Gasteiger partial charge in [0.2, 0.25) is 0 Å². The van der Waals surface area contributed by atoms with Crippen molar-refractivity contribution in [2.45, 2.75) is 26.3 Å². The smallest absolute Gasteiger partial charge is 0.173 e. The Bertz CT molecular complexity index is 450. The molecule has 0 bridgehead atoms. The van der Waals surface area contributed by atoms with E-state index in [4.69, 9.17) is 17.0 Å². The van der Waals surface area contributed by atoms with E-state index in [1.807, 2.05) is 0 Å². The number of benzene rings is 1. The Morgan fingerprint density at radius 1 is 1.53 bits per heavy atom. The highest BCUT2D eigenvalue weighted by atomic mass is 32.1. The van der Waals surface area contributed by atoms with Crippen LogP contribution in [0.2, 0.25) is 0 Å². The number of hydrogen-bond acceptors (Lipinski definition) is 2. The van der Waals surface area contributed by atoms with Crippen LogP contribution < -0.4 is 10.2 Å². The lowest BCUT2D eigenvalue weighted by atomic mass is 9.94. The van der Waals surface area contributed by atoms with Crippen molar-refractivity contribution in [3.05, 3.63) is 29.8 Å². The molecular formula is C15H22N2OS. The first kappa shape index (κ1) is 14.3. The number of ether oxygens (including phenoxy) is 1. The van der Waals surface area contributed by atoms with Crippen LogP contribution >= 0.6 is 12.2 Å². The van der Waals surface area contributed by atoms with Crippen molar-refractivity contribution < 1.29 is 4.74 Å². The topological polar surface area (TPSA) is 24.5 Å². The van der Waals surface area contributed by atoms with Gasteiger partial charge in [0, 0.05) is 25.4 Å². The van der Waals surface area contributed by atoms with Crippen molar-refractivity contribution in [3.8, 4) is 0 Å². The molecule has 2 unspecified atom stereocenters. The van der Waals surface area contributed by atoms with Crippen LogP contribution in [0.1, 0.15) is 19.4 Å². The summed E-state index contributed by atoms with van der Waals surface area (Å²) in [5.74, 6) is 0.618. The van der Waals surface area contributed by atoms with Crippen molar-refractivity contribution in [2.24, 2.45) is 5.92 Å². The average molecular weight is 278 g/mol. The lowest BCUT2D eigenvalue weighted by Crippen LogP contribution is -2.48. The molecule has 3 nitrogen and oxygen atoms in total. The number of para-hydroxylation sites is 1. The maximum absolute atomic E-state index is 5.55. The van der Waals surface area contributed by atoms with Crippen molar-refractivity contribution in [1.29, 1.82) is 0 Å². The van der Waals surface area contributed by atoms with Gasteiger partial charge in [-0.1, -0.05) is 25.1 Å². The summed E-state index contributed by atoms with van der Waals surface area (Å²) in [5.41, 5.74) is 2.62. The molecule has 0 amide bonds. The first-order valence-electron chi connectivity index (χ1n) is 6.76. The molecule has 4 heteroatoms. The Balaban J connectivity index is 2.13. The summed E-state index contributed by atoms with van der Waals surface area (Å²) in [6.45, 7) is 5.98. The number of thiocarbonyl (C=S) groups is 1. The highest BCUT2D eigenvalue weighted by Crippen LogP contribution is 2.29. The molecule has 0 saturated heterocycles. The van der Waals surface area contributed by atoms with Crippen LogP contribution in [0.25, 0.3) is 0 Å². The zero-order chi connectivity index (χ0) is 13.8. The van der Waals surface area contributed by atoms with Gasteiger partial charge in [-0.05, 0) is 43.1 Å². The monoisotopic (exact) mass is 278 g/mol. The molecule has 1 aromatic carbocycles. The number of hydrogen-bond donors (Lipinski definition) is 1. The predicted octanol–water partition coefficient (Wildman–Crippen LogP) is 2.59. The Labute approximate surface area is 120 Å². The molecule has 0 aromatic heterocycles. The molecule has 19 heavy (non-hydrogen) atoms. The first-order valence-corrected chi connectivity index (χ1v) is 7.17. The van der Waals surface area contributed by atoms with Crippen molar-refractivity contribution >= 4 is 23.0 Å². The van der Waals surface area contributed by atoms with Gasteiger partial charge in [0.1, 0.15) is 0 Å². The highest BCUT2D eigenvalue weighted by molar-refractivity contribution is 7.80. The molecular weight excluding hydrogens is 256 g/mol. The lowest BCUT2D eigenvalue weighted by Gasteiger charge is -2.35. The molecule has 0 saturated carbocycles. The van der Waals surface area contributed by atoms with E-state index in [1.54, 1.807) is 7.11 Å². The molecule has 1 aromatic rings. The van der Waals surface area contributed by atoms with Crippen molar-refractivity contribution in [1.82, 2.24) is 5.32 Å². The van der Waals surface area contributed by atoms with Gasteiger partial charge < -0.3 is 15.0 Å². The highest BCUT2D eigenvalue weighted by Gasteiger charge is 2.24. The Kier molecular flexibility index (Phi) is 4.77. The second-order valence-corrected chi connectivity index (χ2v) is 5.74. The largest absolute Gasteiger partial charge is 0.383 e. The SMILES string of the molecule is COCC(C)NC(=S)N1CC(C)Cc2ccccc21. The van der Waals surface area contributed by atoms with Crippen LogP contribution in [0.5, 0.6) is 0 Å². The molecule has 0 spiro atoms. The summed E-state index contributed by atoms with van der Waals surface area (Å²) in [7, 11) is 1.71. The minimum absolute atomic E-state index is 0.224. The fourth-order valence-corrected chi connectivity index (χ4v) is 2.94. The second kappa shape index (κ2) is 6.35. The number of anilines is 1. The summed E-state index contributed by atoms with van der Waals surface area (Å²) in [6, 6.07) is 8.74. The van der Waals surface area contributed by atoms with Crippen LogP contribution in [-0.4, -0.2) is 31.4 Å². The van der Waals surface area contributed by atoms with Crippen LogP contribution in [0.4, 0.5) is 5.69 Å². The summed E-state index contributed by atoms with van der Waals surface area (Å²) in [4.78, 5) is 2.21. The summed E-state index contributed by atoms with van der Waals surface area (Å²) in [5, 5.41) is 4.14. The fraction of sp³-hybridized carbons (Fsp3) is 0.533. The quantitative estimate of drug-likeness (QED) is 0.859. The summed E-state index contributed by atoms with van der Waals surface area (Å²) < 4.78 is 5.14. The zero-order valence-electron chi connectivity index (χ0n) is 11.8. The molecule has 1 aliphatic heterocycles. The maximum atomic E-state index is 5.55. The van der Waals surface area contributed by atoms with E-state index in [0.717, 1.165) is 18.1 Å². The van der Waals surface area contributed by atoms with Crippen LogP contribution in [0, 0.1) is 5.92 Å². The van der Waals surface area contributed by atoms with Gasteiger partial charge >= 0.3 is 0 Å². The van der Waals surface area contributed by atoms with Crippen molar-refractivity contribution in [2.75, 3.05) is 25.2 Å². The van der Waals surface area contributed by atoms with Crippen LogP contribution in [0.15, 0.2) is 24.3 Å². The Morgan fingerprint density at radius 2 is 2.26 bits per heavy atom. The molecule has 2 rings (SSSR count). The minimum atomic E-state index is 0.224. The number of nitrogens with zero attached hydrogens (tertiary/aromatic N) is 1. The molecule has 0 aliphatic carbocycles. The van der Waals surface area contributed by atoms with E-state index in [9.17, 15) is 0 Å². The van der Waals surface area contributed by atoms with Crippen LogP contribution in [-0.2, 0) is 11.2 Å². The third kappa shape index (κ3) is 3.45. The van der Waals surface area contributed by atoms with E-state index >= 15 is 0 Å². The number of methoxy groups -OCH3 is 1. The molecule has 1 heterocycles. The normalized spacial score (nSPS) is 19.7. The van der Waals surface area contributed by atoms with Gasteiger partial charge in [0.25, 0.3) is 0 Å². The fourth-order valence-electron chi connectivity index (χ4n) is 2.57. The molecule has 1 N–H and O–H groups in total. The van der Waals surface area contributed by atoms with E-state index in [0.29, 0.717) is 12.5 Å². The zero-order valence-corrected chi connectivity index (χ0v) is 12.7. The van der Waals surface area contributed by atoms with E-state index in [-0.39, 0.29) is 6.04 Å². The molecule has 2 atom stereocenters. The second-order valence-electron chi connectivity index (χ2n) is 5.35. The molecule has 1 aliphatic rings. The van der Waals surface area contributed by atoms with Gasteiger partial charge in [-0.25, -0.2) is 0 Å². The first-order chi connectivity index (χ1) is 9.11. The predicted molar refractivity (Wildman–Crippen MR) is 83.7 cm³/mol. The van der Waals surface area contributed by atoms with Crippen molar-refractivity contribution in [3.63, 3.8) is 0 Å². The molecule has 104 valence electrons. The Morgan fingerprint density at radius 3 is 3.00 bits per heavy atom. The minimum Gasteiger partial charge on any atom is -0.383 e. The molecule has 0 radical (unpaired) electrons. The maximum Gasteiger partial charge on any atom is 0.173 e. The Hall–Kier alpha value is -1.13. The van der Waals surface area contributed by atoms with Gasteiger partial charge in [0.05, 0.1) is 6.61 Å². The standard InChI is InChI=1S/C15H22N2OS/c1-11-8-13-6-4-5-7-14(13)17(9-11)15(19)16-12(2)10-18-3/h4-7,11-12H,8-10H2,1-3H3,(H,16,19). The van der Waals surface area contributed by atoms with Gasteiger partial charge in [0.15, 0.2) is 5.11 Å². The summed E-state index contributed by atoms with van der Waals surface area (Å²) >= 11 is 5.55. The van der Waals surface area contributed by atoms with Gasteiger partial charge in [-0.2, -0.15) is 0 Å². The third-order valence-electron chi connectivity index (χ3n) is 3.38. The lowest BCUT2D eigenvalue weighted by molar-refractivity contribution is 0.179.